The minimum atomic E-state index is -1.84. The van der Waals surface area contributed by atoms with Crippen molar-refractivity contribution in [2.24, 2.45) is 0 Å². The molecule has 0 amide bonds. The van der Waals surface area contributed by atoms with E-state index in [1.54, 1.807) is 0 Å². The fourth-order valence-corrected chi connectivity index (χ4v) is 1.48. The quantitative estimate of drug-likeness (QED) is 0.372. The number of para-hydroxylation sites is 2. The number of rotatable bonds is 2. The van der Waals surface area contributed by atoms with Crippen molar-refractivity contribution < 1.29 is 39.1 Å². The van der Waals surface area contributed by atoms with Crippen LogP contribution in [0.25, 0.3) is 0 Å². The number of benzene rings is 2. The van der Waals surface area contributed by atoms with Crippen LogP contribution in [0.2, 0.25) is 0 Å². The number of hydrogen-bond acceptors (Lipinski definition) is 6. The molecule has 6 N–H and O–H groups in total. The van der Waals surface area contributed by atoms with Gasteiger partial charge >= 0.3 is 14.2 Å². The molecule has 0 aliphatic heterocycles. The third-order valence-electron chi connectivity index (χ3n) is 2.59. The number of phenols is 2. The summed E-state index contributed by atoms with van der Waals surface area (Å²) in [6.45, 7) is 0. The molecule has 0 aliphatic rings. The van der Waals surface area contributed by atoms with Gasteiger partial charge in [0.05, 0.1) is 0 Å². The minimum absolute atomic E-state index is 0.231. The molecule has 0 saturated heterocycles. The summed E-state index contributed by atoms with van der Waals surface area (Å²) < 4.78 is 24.9. The van der Waals surface area contributed by atoms with Gasteiger partial charge in [-0.15, -0.1) is 0 Å². The van der Waals surface area contributed by atoms with Gasteiger partial charge in [0, 0.05) is 10.9 Å². The van der Waals surface area contributed by atoms with Gasteiger partial charge in [-0.3, -0.25) is 0 Å². The van der Waals surface area contributed by atoms with E-state index >= 15 is 0 Å². The Morgan fingerprint density at radius 1 is 0.636 bits per heavy atom. The number of halogens is 2. The van der Waals surface area contributed by atoms with Crippen molar-refractivity contribution >= 4 is 25.2 Å². The Bertz CT molecular complexity index is 584. The van der Waals surface area contributed by atoms with Crippen LogP contribution in [0.1, 0.15) is 0 Å². The van der Waals surface area contributed by atoms with Gasteiger partial charge in [-0.1, -0.05) is 24.3 Å². The van der Waals surface area contributed by atoms with Gasteiger partial charge in [0.25, 0.3) is 0 Å². The predicted octanol–water partition coefficient (Wildman–Crippen LogP) is -1.58. The first-order valence-electron chi connectivity index (χ1n) is 5.92. The highest BCUT2D eigenvalue weighted by Crippen LogP contribution is 2.11. The topological polar surface area (TPSA) is 121 Å². The maximum Gasteiger partial charge on any atom is 0.492 e. The van der Waals surface area contributed by atoms with Gasteiger partial charge in [0.2, 0.25) is 0 Å². The Hall–Kier alpha value is -2.13. The van der Waals surface area contributed by atoms with E-state index in [-0.39, 0.29) is 10.9 Å². The van der Waals surface area contributed by atoms with Crippen molar-refractivity contribution in [2.45, 2.75) is 0 Å². The average molecular weight is 312 g/mol. The van der Waals surface area contributed by atoms with Gasteiger partial charge in [-0.05, 0) is 12.1 Å². The smallest absolute Gasteiger partial charge is 0.492 e. The molecule has 0 bridgehead atoms. The van der Waals surface area contributed by atoms with E-state index in [1.807, 2.05) is 0 Å². The maximum absolute atomic E-state index is 12.5. The average Bonchev–Trinajstić information content (AvgIpc) is 2.45. The van der Waals surface area contributed by atoms with E-state index in [0.717, 1.165) is 12.1 Å². The highest BCUT2D eigenvalue weighted by atomic mass is 19.1. The zero-order valence-electron chi connectivity index (χ0n) is 11.1. The van der Waals surface area contributed by atoms with Crippen molar-refractivity contribution in [1.29, 1.82) is 0 Å². The van der Waals surface area contributed by atoms with Gasteiger partial charge in [0.1, 0.15) is 0 Å². The minimum Gasteiger partial charge on any atom is -0.505 e. The first kappa shape index (κ1) is 17.9. The number of aromatic hydroxyl groups is 2. The van der Waals surface area contributed by atoms with Crippen molar-refractivity contribution in [1.82, 2.24) is 0 Å². The third kappa shape index (κ3) is 4.43. The van der Waals surface area contributed by atoms with E-state index in [1.165, 1.54) is 24.3 Å². The lowest BCUT2D eigenvalue weighted by molar-refractivity contribution is 0.409. The summed E-state index contributed by atoms with van der Waals surface area (Å²) in [5, 5.41) is 52.0. The molecule has 0 heterocycles. The van der Waals surface area contributed by atoms with Crippen molar-refractivity contribution in [3.63, 3.8) is 0 Å². The summed E-state index contributed by atoms with van der Waals surface area (Å²) in [5.74, 6) is -3.17. The predicted molar refractivity (Wildman–Crippen MR) is 75.8 cm³/mol. The Balaban J connectivity index is 0.000000220. The van der Waals surface area contributed by atoms with Crippen LogP contribution >= 0.6 is 0 Å². The van der Waals surface area contributed by atoms with E-state index in [0.29, 0.717) is 0 Å². The van der Waals surface area contributed by atoms with Crippen molar-refractivity contribution in [3.05, 3.63) is 48.0 Å². The zero-order chi connectivity index (χ0) is 16.9. The molecule has 2 aromatic carbocycles. The first-order chi connectivity index (χ1) is 10.3. The van der Waals surface area contributed by atoms with Crippen molar-refractivity contribution in [3.8, 4) is 11.5 Å². The second-order valence-electron chi connectivity index (χ2n) is 4.10. The fourth-order valence-electron chi connectivity index (χ4n) is 1.48. The van der Waals surface area contributed by atoms with E-state index in [2.05, 4.69) is 0 Å². The first-order valence-corrected chi connectivity index (χ1v) is 5.92. The summed E-state index contributed by atoms with van der Waals surface area (Å²) in [7, 11) is -3.68. The second kappa shape index (κ2) is 7.76. The van der Waals surface area contributed by atoms with E-state index in [4.69, 9.17) is 30.3 Å². The molecule has 2 aromatic rings. The summed E-state index contributed by atoms with van der Waals surface area (Å²) in [6, 6.07) is 7.07. The van der Waals surface area contributed by atoms with Crippen LogP contribution in [0.3, 0.4) is 0 Å². The van der Waals surface area contributed by atoms with Crippen LogP contribution in [0.4, 0.5) is 8.78 Å². The molecule has 10 heteroatoms. The molecule has 22 heavy (non-hydrogen) atoms. The zero-order valence-corrected chi connectivity index (χ0v) is 11.1. The summed E-state index contributed by atoms with van der Waals surface area (Å²) in [5.41, 5.74) is -0.463. The molecule has 0 aromatic heterocycles. The summed E-state index contributed by atoms with van der Waals surface area (Å²) in [6.07, 6.45) is 0. The van der Waals surface area contributed by atoms with Gasteiger partial charge < -0.3 is 30.3 Å². The van der Waals surface area contributed by atoms with Gasteiger partial charge in [-0.2, -0.15) is 0 Å². The van der Waals surface area contributed by atoms with Crippen molar-refractivity contribution in [2.75, 3.05) is 0 Å². The third-order valence-corrected chi connectivity index (χ3v) is 2.59. The molecule has 0 fully saturated rings. The Morgan fingerprint density at radius 3 is 1.18 bits per heavy atom. The molecule has 0 saturated carbocycles. The summed E-state index contributed by atoms with van der Waals surface area (Å²) in [4.78, 5) is 0. The van der Waals surface area contributed by atoms with Crippen LogP contribution < -0.4 is 10.9 Å². The molecule has 0 atom stereocenters. The Labute approximate surface area is 124 Å². The fraction of sp³-hybridized carbons (Fsp3) is 0. The summed E-state index contributed by atoms with van der Waals surface area (Å²) >= 11 is 0. The molecule has 0 spiro atoms. The molecule has 0 unspecified atom stereocenters. The van der Waals surface area contributed by atoms with Gasteiger partial charge in [0.15, 0.2) is 23.1 Å². The largest absolute Gasteiger partial charge is 0.505 e. The van der Waals surface area contributed by atoms with E-state index in [9.17, 15) is 8.78 Å². The highest BCUT2D eigenvalue weighted by Gasteiger charge is 2.18. The number of hydrogen-bond donors (Lipinski definition) is 6. The molecular weight excluding hydrogens is 300 g/mol. The van der Waals surface area contributed by atoms with Gasteiger partial charge in [-0.25, -0.2) is 8.78 Å². The highest BCUT2D eigenvalue weighted by molar-refractivity contribution is 6.60. The van der Waals surface area contributed by atoms with Crippen LogP contribution in [0.15, 0.2) is 36.4 Å². The molecule has 116 valence electrons. The molecule has 6 nitrogen and oxygen atoms in total. The molecule has 2 rings (SSSR count). The maximum atomic E-state index is 12.5. The Morgan fingerprint density at radius 2 is 0.955 bits per heavy atom. The lowest BCUT2D eigenvalue weighted by Gasteiger charge is -2.01. The van der Waals surface area contributed by atoms with Crippen LogP contribution in [0, 0.1) is 11.6 Å². The lowest BCUT2D eigenvalue weighted by Crippen LogP contribution is -2.30. The van der Waals surface area contributed by atoms with Crippen LogP contribution in [-0.2, 0) is 0 Å². The Kier molecular flexibility index (Phi) is 6.32. The van der Waals surface area contributed by atoms with E-state index < -0.39 is 37.4 Å². The standard InChI is InChI=1S/2C6H6BFO3/c2*8-5-3-1-2-4(6(5)9)7(10)11/h2*1-3,9-11H. The lowest BCUT2D eigenvalue weighted by atomic mass is 9.79. The second-order valence-corrected chi connectivity index (χ2v) is 4.10. The SMILES string of the molecule is OB(O)c1cccc(F)c1O.OB(O)c1cccc(F)c1O. The molecule has 0 radical (unpaired) electrons. The number of phenolic OH excluding ortho intramolecular Hbond substituents is 2. The van der Waals surface area contributed by atoms with Crippen LogP contribution in [-0.4, -0.2) is 44.5 Å². The normalized spacial score (nSPS) is 9.73. The monoisotopic (exact) mass is 312 g/mol. The molecular formula is C12H12B2F2O6. The van der Waals surface area contributed by atoms with Crippen LogP contribution in [0.5, 0.6) is 11.5 Å². The molecule has 0 aliphatic carbocycles.